The zero-order valence-electron chi connectivity index (χ0n) is 15.5. The highest BCUT2D eigenvalue weighted by Crippen LogP contribution is 2.45. The first-order valence-electron chi connectivity index (χ1n) is 9.92. The molecule has 1 aliphatic carbocycles. The van der Waals surface area contributed by atoms with Crippen molar-refractivity contribution >= 4 is 22.7 Å². The van der Waals surface area contributed by atoms with Crippen molar-refractivity contribution < 1.29 is 9.59 Å². The van der Waals surface area contributed by atoms with Gasteiger partial charge in [-0.05, 0) is 30.9 Å². The van der Waals surface area contributed by atoms with Crippen molar-refractivity contribution in [1.82, 2.24) is 24.6 Å². The molecule has 0 bridgehead atoms. The third-order valence-corrected chi connectivity index (χ3v) is 6.44. The second-order valence-corrected chi connectivity index (χ2v) is 8.08. The maximum absolute atomic E-state index is 13.1. The molecule has 2 unspecified atom stereocenters. The fraction of sp³-hybridized carbons (Fsp3) is 0.381. The predicted octanol–water partition coefficient (Wildman–Crippen LogP) is 2.25. The molecule has 1 aromatic carbocycles. The standard InChI is InChI=1S/C21H21N5O2/c27-20(25-6-5-14-10-18(14)25)15-11-22-26-8-7-24(12-19(15)26)21(28)17-9-13-3-1-2-4-16(13)23-17/h1-4,9,11,14,18,23H,5-8,10,12H2. The topological polar surface area (TPSA) is 74.2 Å². The van der Waals surface area contributed by atoms with E-state index in [-0.39, 0.29) is 11.8 Å². The van der Waals surface area contributed by atoms with Crippen molar-refractivity contribution in [3.8, 4) is 0 Å². The van der Waals surface area contributed by atoms with Gasteiger partial charge < -0.3 is 14.8 Å². The third-order valence-electron chi connectivity index (χ3n) is 6.44. The van der Waals surface area contributed by atoms with Gasteiger partial charge in [-0.2, -0.15) is 5.10 Å². The van der Waals surface area contributed by atoms with E-state index in [0.717, 1.165) is 36.0 Å². The van der Waals surface area contributed by atoms with Crippen LogP contribution in [0.2, 0.25) is 0 Å². The number of benzene rings is 1. The number of carbonyl (C=O) groups excluding carboxylic acids is 2. The summed E-state index contributed by atoms with van der Waals surface area (Å²) < 4.78 is 1.88. The van der Waals surface area contributed by atoms with E-state index in [0.29, 0.717) is 42.9 Å². The van der Waals surface area contributed by atoms with Gasteiger partial charge in [0.05, 0.1) is 30.5 Å². The number of hydrogen-bond donors (Lipinski definition) is 1. The summed E-state index contributed by atoms with van der Waals surface area (Å²) in [7, 11) is 0. The first-order chi connectivity index (χ1) is 13.7. The number of hydrogen-bond acceptors (Lipinski definition) is 3. The van der Waals surface area contributed by atoms with Crippen LogP contribution in [0.5, 0.6) is 0 Å². The lowest BCUT2D eigenvalue weighted by Crippen LogP contribution is -2.40. The fourth-order valence-corrected chi connectivity index (χ4v) is 4.76. The number of H-pyrrole nitrogens is 1. The second-order valence-electron chi connectivity index (χ2n) is 8.08. The minimum Gasteiger partial charge on any atom is -0.351 e. The highest BCUT2D eigenvalue weighted by Gasteiger charge is 2.49. The molecule has 2 aliphatic heterocycles. The van der Waals surface area contributed by atoms with Crippen LogP contribution < -0.4 is 0 Å². The molecule has 6 rings (SSSR count). The first-order valence-corrected chi connectivity index (χ1v) is 9.92. The van der Waals surface area contributed by atoms with E-state index in [2.05, 4.69) is 10.1 Å². The number of likely N-dealkylation sites (tertiary alicyclic amines) is 1. The van der Waals surface area contributed by atoms with Crippen LogP contribution in [0, 0.1) is 5.92 Å². The van der Waals surface area contributed by atoms with Crippen LogP contribution >= 0.6 is 0 Å². The van der Waals surface area contributed by atoms with E-state index in [1.807, 2.05) is 44.8 Å². The van der Waals surface area contributed by atoms with Gasteiger partial charge >= 0.3 is 0 Å². The van der Waals surface area contributed by atoms with E-state index in [1.165, 1.54) is 0 Å². The van der Waals surface area contributed by atoms with Gasteiger partial charge in [0.1, 0.15) is 5.69 Å². The van der Waals surface area contributed by atoms with E-state index in [1.54, 1.807) is 6.20 Å². The molecule has 142 valence electrons. The number of aromatic amines is 1. The number of amides is 2. The number of nitrogens with one attached hydrogen (secondary N) is 1. The molecule has 7 heteroatoms. The second kappa shape index (κ2) is 5.70. The molecule has 1 saturated carbocycles. The minimum absolute atomic E-state index is 0.0366. The SMILES string of the molecule is O=C(c1cc2ccccc2[nH]1)N1CCn2ncc(C(=O)N3CCC4CC43)c2C1. The van der Waals surface area contributed by atoms with E-state index >= 15 is 0 Å². The number of piperidine rings is 1. The van der Waals surface area contributed by atoms with Gasteiger partial charge in [0.2, 0.25) is 0 Å². The van der Waals surface area contributed by atoms with Crippen LogP contribution in [0.3, 0.4) is 0 Å². The molecule has 2 atom stereocenters. The Morgan fingerprint density at radius 1 is 1.11 bits per heavy atom. The van der Waals surface area contributed by atoms with Crippen molar-refractivity contribution in [3.63, 3.8) is 0 Å². The maximum atomic E-state index is 13.1. The lowest BCUT2D eigenvalue weighted by molar-refractivity contribution is 0.0688. The molecule has 0 radical (unpaired) electrons. The Kier molecular flexibility index (Phi) is 3.24. The Morgan fingerprint density at radius 3 is 2.79 bits per heavy atom. The van der Waals surface area contributed by atoms with Gasteiger partial charge in [-0.25, -0.2) is 0 Å². The summed E-state index contributed by atoms with van der Waals surface area (Å²) in [5, 5.41) is 5.44. The predicted molar refractivity (Wildman–Crippen MR) is 103 cm³/mol. The zero-order valence-corrected chi connectivity index (χ0v) is 15.5. The summed E-state index contributed by atoms with van der Waals surface area (Å²) >= 11 is 0. The summed E-state index contributed by atoms with van der Waals surface area (Å²) in [4.78, 5) is 33.1. The van der Waals surface area contributed by atoms with Crippen LogP contribution in [-0.4, -0.2) is 55.5 Å². The van der Waals surface area contributed by atoms with Gasteiger partial charge in [-0.3, -0.25) is 14.3 Å². The molecule has 1 saturated heterocycles. The number of nitrogens with zero attached hydrogens (tertiary/aromatic N) is 4. The maximum Gasteiger partial charge on any atom is 0.270 e. The van der Waals surface area contributed by atoms with E-state index in [9.17, 15) is 9.59 Å². The molecule has 2 aromatic heterocycles. The molecular formula is C21H21N5O2. The number of fused-ring (bicyclic) bond motifs is 3. The lowest BCUT2D eigenvalue weighted by Gasteiger charge is -2.28. The van der Waals surface area contributed by atoms with Crippen LogP contribution in [0.15, 0.2) is 36.5 Å². The zero-order chi connectivity index (χ0) is 18.8. The van der Waals surface area contributed by atoms with Crippen LogP contribution in [0.4, 0.5) is 0 Å². The molecule has 7 nitrogen and oxygen atoms in total. The summed E-state index contributed by atoms with van der Waals surface area (Å²) in [5.41, 5.74) is 3.05. The van der Waals surface area contributed by atoms with E-state index < -0.39 is 0 Å². The molecule has 2 fully saturated rings. The van der Waals surface area contributed by atoms with Gasteiger partial charge in [-0.1, -0.05) is 18.2 Å². The molecule has 0 spiro atoms. The number of rotatable bonds is 2. The van der Waals surface area contributed by atoms with Crippen molar-refractivity contribution in [2.24, 2.45) is 5.92 Å². The molecule has 4 heterocycles. The summed E-state index contributed by atoms with van der Waals surface area (Å²) in [6, 6.07) is 10.2. The van der Waals surface area contributed by atoms with Crippen molar-refractivity contribution in [3.05, 3.63) is 53.5 Å². The fourth-order valence-electron chi connectivity index (χ4n) is 4.76. The molecule has 28 heavy (non-hydrogen) atoms. The Balaban J connectivity index is 1.27. The number of carbonyl (C=O) groups is 2. The Hall–Kier alpha value is -3.09. The van der Waals surface area contributed by atoms with Crippen LogP contribution in [0.1, 0.15) is 39.4 Å². The highest BCUT2D eigenvalue weighted by atomic mass is 16.2. The van der Waals surface area contributed by atoms with Gasteiger partial charge in [0.15, 0.2) is 0 Å². The van der Waals surface area contributed by atoms with E-state index in [4.69, 9.17) is 0 Å². The molecule has 2 amide bonds. The molecule has 3 aliphatic rings. The average Bonchev–Trinajstić information content (AvgIpc) is 3.10. The minimum atomic E-state index is -0.0366. The monoisotopic (exact) mass is 375 g/mol. The Labute approximate surface area is 161 Å². The lowest BCUT2D eigenvalue weighted by atomic mass is 10.1. The average molecular weight is 375 g/mol. The third kappa shape index (κ3) is 2.32. The summed E-state index contributed by atoms with van der Waals surface area (Å²) in [5.74, 6) is 0.743. The van der Waals surface area contributed by atoms with Gasteiger partial charge in [0, 0.05) is 30.0 Å². The summed E-state index contributed by atoms with van der Waals surface area (Å²) in [6.45, 7) is 2.46. The first kappa shape index (κ1) is 15.9. The number of para-hydroxylation sites is 1. The van der Waals surface area contributed by atoms with Gasteiger partial charge in [-0.15, -0.1) is 0 Å². The van der Waals surface area contributed by atoms with Crippen LogP contribution in [0.25, 0.3) is 10.9 Å². The molecular weight excluding hydrogens is 354 g/mol. The van der Waals surface area contributed by atoms with Crippen molar-refractivity contribution in [2.75, 3.05) is 13.1 Å². The van der Waals surface area contributed by atoms with Crippen molar-refractivity contribution in [1.29, 1.82) is 0 Å². The van der Waals surface area contributed by atoms with Gasteiger partial charge in [0.25, 0.3) is 11.8 Å². The molecule has 1 N–H and O–H groups in total. The normalized spacial score (nSPS) is 23.0. The summed E-state index contributed by atoms with van der Waals surface area (Å²) in [6.07, 6.45) is 3.94. The van der Waals surface area contributed by atoms with Crippen LogP contribution in [-0.2, 0) is 13.1 Å². The quantitative estimate of drug-likeness (QED) is 0.747. The van der Waals surface area contributed by atoms with Crippen molar-refractivity contribution in [2.45, 2.75) is 32.0 Å². The Morgan fingerprint density at radius 2 is 2.00 bits per heavy atom. The largest absolute Gasteiger partial charge is 0.351 e. The highest BCUT2D eigenvalue weighted by molar-refractivity contribution is 5.99. The smallest absolute Gasteiger partial charge is 0.270 e. The molecule has 3 aromatic rings. The Bertz CT molecular complexity index is 1080. The number of aromatic nitrogens is 3.